The van der Waals surface area contributed by atoms with E-state index in [4.69, 9.17) is 0 Å². The Morgan fingerprint density at radius 3 is 2.07 bits per heavy atom. The molecule has 0 saturated heterocycles. The van der Waals surface area contributed by atoms with Crippen molar-refractivity contribution in [3.8, 4) is 0 Å². The largest absolute Gasteiger partial charge is 0.304 e. The van der Waals surface area contributed by atoms with E-state index in [1.54, 1.807) is 0 Å². The van der Waals surface area contributed by atoms with Crippen LogP contribution in [-0.2, 0) is 0 Å². The van der Waals surface area contributed by atoms with E-state index in [-0.39, 0.29) is 0 Å². The van der Waals surface area contributed by atoms with Crippen molar-refractivity contribution in [1.82, 2.24) is 4.90 Å². The molecule has 0 radical (unpaired) electrons. The van der Waals surface area contributed by atoms with Crippen molar-refractivity contribution >= 4 is 0 Å². The van der Waals surface area contributed by atoms with Crippen molar-refractivity contribution in [1.29, 1.82) is 0 Å². The summed E-state index contributed by atoms with van der Waals surface area (Å²) in [6.45, 7) is 10.7. The van der Waals surface area contributed by atoms with Gasteiger partial charge in [-0.3, -0.25) is 0 Å². The Bertz CT molecular complexity index is 132. The highest BCUT2D eigenvalue weighted by molar-refractivity contribution is 4.71. The van der Waals surface area contributed by atoms with Gasteiger partial charge in [0.2, 0.25) is 0 Å². The van der Waals surface area contributed by atoms with Crippen LogP contribution in [0.1, 0.15) is 52.9 Å². The zero-order valence-electron chi connectivity index (χ0n) is 10.3. The first-order valence-electron chi connectivity index (χ1n) is 6.48. The molecule has 1 aliphatic carbocycles. The lowest BCUT2D eigenvalue weighted by atomic mass is 9.81. The van der Waals surface area contributed by atoms with Crippen LogP contribution in [0.2, 0.25) is 0 Å². The van der Waals surface area contributed by atoms with Gasteiger partial charge in [-0.2, -0.15) is 0 Å². The highest BCUT2D eigenvalue weighted by Gasteiger charge is 2.18. The molecule has 14 heavy (non-hydrogen) atoms. The van der Waals surface area contributed by atoms with Gasteiger partial charge < -0.3 is 4.90 Å². The summed E-state index contributed by atoms with van der Waals surface area (Å²) in [5.74, 6) is 2.03. The molecule has 0 bridgehead atoms. The summed E-state index contributed by atoms with van der Waals surface area (Å²) in [6.07, 6.45) is 7.37. The smallest absolute Gasteiger partial charge is 0.00163 e. The fourth-order valence-corrected chi connectivity index (χ4v) is 2.52. The molecule has 0 heterocycles. The Morgan fingerprint density at radius 2 is 1.57 bits per heavy atom. The zero-order valence-corrected chi connectivity index (χ0v) is 10.3. The number of nitrogens with zero attached hydrogens (tertiary/aromatic N) is 1. The van der Waals surface area contributed by atoms with Crippen molar-refractivity contribution < 1.29 is 0 Å². The summed E-state index contributed by atoms with van der Waals surface area (Å²) in [4.78, 5) is 2.55. The molecule has 0 N–H and O–H groups in total. The van der Waals surface area contributed by atoms with Gasteiger partial charge >= 0.3 is 0 Å². The van der Waals surface area contributed by atoms with Crippen LogP contribution < -0.4 is 0 Å². The van der Waals surface area contributed by atoms with Gasteiger partial charge in [0.15, 0.2) is 0 Å². The summed E-state index contributed by atoms with van der Waals surface area (Å²) in [5.41, 5.74) is 0. The minimum Gasteiger partial charge on any atom is -0.304 e. The molecule has 1 aliphatic rings. The van der Waals surface area contributed by atoms with E-state index >= 15 is 0 Å². The van der Waals surface area contributed by atoms with Gasteiger partial charge in [0.05, 0.1) is 0 Å². The monoisotopic (exact) mass is 197 g/mol. The zero-order chi connectivity index (χ0) is 10.4. The van der Waals surface area contributed by atoms with Crippen LogP contribution in [0.5, 0.6) is 0 Å². The SMILES string of the molecule is CCN(CC)CCC1CCC(C)CC1. The predicted octanol–water partition coefficient (Wildman–Crippen LogP) is 3.54. The van der Waals surface area contributed by atoms with Gasteiger partial charge in [-0.05, 0) is 37.9 Å². The van der Waals surface area contributed by atoms with Crippen molar-refractivity contribution in [2.24, 2.45) is 11.8 Å². The molecular formula is C13H27N. The van der Waals surface area contributed by atoms with Gasteiger partial charge in [-0.25, -0.2) is 0 Å². The lowest BCUT2D eigenvalue weighted by molar-refractivity contribution is 0.227. The van der Waals surface area contributed by atoms with E-state index < -0.39 is 0 Å². The fraction of sp³-hybridized carbons (Fsp3) is 1.00. The first-order chi connectivity index (χ1) is 6.76. The van der Waals surface area contributed by atoms with Gasteiger partial charge in [0.25, 0.3) is 0 Å². The van der Waals surface area contributed by atoms with Crippen molar-refractivity contribution in [2.45, 2.75) is 52.9 Å². The molecule has 0 unspecified atom stereocenters. The van der Waals surface area contributed by atoms with Crippen LogP contribution >= 0.6 is 0 Å². The molecule has 0 amide bonds. The summed E-state index contributed by atoms with van der Waals surface area (Å²) in [7, 11) is 0. The third kappa shape index (κ3) is 4.00. The Morgan fingerprint density at radius 1 is 1.00 bits per heavy atom. The van der Waals surface area contributed by atoms with Gasteiger partial charge in [0, 0.05) is 0 Å². The van der Waals surface area contributed by atoms with Crippen molar-refractivity contribution in [2.75, 3.05) is 19.6 Å². The average Bonchev–Trinajstić information content (AvgIpc) is 2.22. The minimum atomic E-state index is 1.000. The van der Waals surface area contributed by atoms with E-state index in [0.29, 0.717) is 0 Å². The Kier molecular flexibility index (Phi) is 5.54. The van der Waals surface area contributed by atoms with Gasteiger partial charge in [-0.1, -0.05) is 46.5 Å². The van der Waals surface area contributed by atoms with Crippen LogP contribution in [0.25, 0.3) is 0 Å². The third-order valence-electron chi connectivity index (χ3n) is 3.88. The molecule has 0 spiro atoms. The quantitative estimate of drug-likeness (QED) is 0.651. The van der Waals surface area contributed by atoms with Crippen molar-refractivity contribution in [3.05, 3.63) is 0 Å². The second kappa shape index (κ2) is 6.44. The van der Waals surface area contributed by atoms with Crippen LogP contribution in [-0.4, -0.2) is 24.5 Å². The molecule has 0 aliphatic heterocycles. The van der Waals surface area contributed by atoms with Crippen LogP contribution in [0, 0.1) is 11.8 Å². The molecular weight excluding hydrogens is 170 g/mol. The van der Waals surface area contributed by atoms with E-state index in [1.165, 1.54) is 51.7 Å². The Labute approximate surface area is 89.9 Å². The molecule has 0 atom stereocenters. The lowest BCUT2D eigenvalue weighted by Gasteiger charge is -2.28. The van der Waals surface area contributed by atoms with Crippen molar-refractivity contribution in [3.63, 3.8) is 0 Å². The molecule has 1 rings (SSSR count). The summed E-state index contributed by atoms with van der Waals surface area (Å²) in [6, 6.07) is 0. The second-order valence-electron chi connectivity index (χ2n) is 4.94. The second-order valence-corrected chi connectivity index (χ2v) is 4.94. The summed E-state index contributed by atoms with van der Waals surface area (Å²) >= 11 is 0. The number of hydrogen-bond donors (Lipinski definition) is 0. The molecule has 1 fully saturated rings. The number of hydrogen-bond acceptors (Lipinski definition) is 1. The van der Waals surface area contributed by atoms with E-state index in [9.17, 15) is 0 Å². The predicted molar refractivity (Wildman–Crippen MR) is 63.5 cm³/mol. The normalized spacial score (nSPS) is 28.3. The molecule has 0 aromatic heterocycles. The van der Waals surface area contributed by atoms with E-state index in [2.05, 4.69) is 25.7 Å². The van der Waals surface area contributed by atoms with Crippen LogP contribution in [0.4, 0.5) is 0 Å². The Balaban J connectivity index is 2.12. The molecule has 84 valence electrons. The van der Waals surface area contributed by atoms with Gasteiger partial charge in [0.1, 0.15) is 0 Å². The fourth-order valence-electron chi connectivity index (χ4n) is 2.52. The topological polar surface area (TPSA) is 3.24 Å². The highest BCUT2D eigenvalue weighted by Crippen LogP contribution is 2.30. The third-order valence-corrected chi connectivity index (χ3v) is 3.88. The first kappa shape index (κ1) is 12.0. The van der Waals surface area contributed by atoms with E-state index in [0.717, 1.165) is 11.8 Å². The molecule has 0 aromatic rings. The van der Waals surface area contributed by atoms with E-state index in [1.807, 2.05) is 0 Å². The maximum atomic E-state index is 2.55. The lowest BCUT2D eigenvalue weighted by Crippen LogP contribution is -2.26. The molecule has 1 saturated carbocycles. The van der Waals surface area contributed by atoms with Crippen LogP contribution in [0.3, 0.4) is 0 Å². The first-order valence-corrected chi connectivity index (χ1v) is 6.48. The Hall–Kier alpha value is -0.0400. The average molecular weight is 197 g/mol. The number of rotatable bonds is 5. The summed E-state index contributed by atoms with van der Waals surface area (Å²) in [5, 5.41) is 0. The van der Waals surface area contributed by atoms with Gasteiger partial charge in [-0.15, -0.1) is 0 Å². The molecule has 1 heteroatoms. The summed E-state index contributed by atoms with van der Waals surface area (Å²) < 4.78 is 0. The molecule has 1 nitrogen and oxygen atoms in total. The molecule has 0 aromatic carbocycles. The van der Waals surface area contributed by atoms with Crippen LogP contribution in [0.15, 0.2) is 0 Å². The maximum Gasteiger partial charge on any atom is -0.00163 e. The highest BCUT2D eigenvalue weighted by atomic mass is 15.1. The maximum absolute atomic E-state index is 2.55. The standard InChI is InChI=1S/C13H27N/c1-4-14(5-2)11-10-13-8-6-12(3)7-9-13/h12-13H,4-11H2,1-3H3. The minimum absolute atomic E-state index is 1.000.